The molecule has 3 rings (SSSR count). The van der Waals surface area contributed by atoms with E-state index in [1.165, 1.54) is 42.8 Å². The maximum absolute atomic E-state index is 13.1. The van der Waals surface area contributed by atoms with Gasteiger partial charge >= 0.3 is 0 Å². The normalized spacial score (nSPS) is 22.8. The predicted molar refractivity (Wildman–Crippen MR) is 93.9 cm³/mol. The molecule has 8 heteroatoms. The van der Waals surface area contributed by atoms with Gasteiger partial charge < -0.3 is 10.6 Å². The molecule has 128 valence electrons. The third kappa shape index (κ3) is 4.27. The van der Waals surface area contributed by atoms with E-state index in [4.69, 9.17) is 11.6 Å². The van der Waals surface area contributed by atoms with Crippen molar-refractivity contribution in [3.8, 4) is 0 Å². The average molecular weight is 370 g/mol. The number of anilines is 1. The van der Waals surface area contributed by atoms with Crippen molar-refractivity contribution >= 4 is 46.0 Å². The first-order chi connectivity index (χ1) is 11.5. The fraction of sp³-hybridized carbons (Fsp3) is 0.438. The van der Waals surface area contributed by atoms with Crippen LogP contribution in [-0.4, -0.2) is 28.3 Å². The molecule has 2 N–H and O–H groups in total. The summed E-state index contributed by atoms with van der Waals surface area (Å²) in [6.07, 6.45) is 4.47. The van der Waals surface area contributed by atoms with Gasteiger partial charge in [-0.05, 0) is 31.0 Å². The summed E-state index contributed by atoms with van der Waals surface area (Å²) in [6, 6.07) is 4.22. The van der Waals surface area contributed by atoms with Crippen molar-refractivity contribution in [2.24, 2.45) is 4.99 Å². The summed E-state index contributed by atoms with van der Waals surface area (Å²) >= 11 is 6.97. The molecule has 0 unspecified atom stereocenters. The summed E-state index contributed by atoms with van der Waals surface area (Å²) in [6.45, 7) is 0. The van der Waals surface area contributed by atoms with E-state index in [-0.39, 0.29) is 29.3 Å². The molecule has 1 heterocycles. The van der Waals surface area contributed by atoms with Gasteiger partial charge in [0.15, 0.2) is 5.17 Å². The third-order valence-electron chi connectivity index (χ3n) is 3.98. The lowest BCUT2D eigenvalue weighted by atomic mass is 10.2. The Kier molecular flexibility index (Phi) is 5.40. The zero-order chi connectivity index (χ0) is 17.1. The second kappa shape index (κ2) is 7.53. The first kappa shape index (κ1) is 17.2. The minimum atomic E-state index is -0.548. The van der Waals surface area contributed by atoms with Crippen LogP contribution in [0.25, 0.3) is 0 Å². The monoisotopic (exact) mass is 369 g/mol. The number of thioether (sulfide) groups is 1. The number of nitrogens with zero attached hydrogens (tertiary/aromatic N) is 1. The van der Waals surface area contributed by atoms with E-state index in [1.54, 1.807) is 0 Å². The largest absolute Gasteiger partial charge is 0.326 e. The van der Waals surface area contributed by atoms with Crippen LogP contribution in [0.1, 0.15) is 32.1 Å². The number of amidine groups is 1. The molecule has 24 heavy (non-hydrogen) atoms. The topological polar surface area (TPSA) is 70.6 Å². The van der Waals surface area contributed by atoms with Crippen LogP contribution in [0.3, 0.4) is 0 Å². The molecule has 1 saturated carbocycles. The highest BCUT2D eigenvalue weighted by Gasteiger charge is 2.32. The summed E-state index contributed by atoms with van der Waals surface area (Å²) in [5.41, 5.74) is 0.398. The number of halogens is 2. The van der Waals surface area contributed by atoms with Gasteiger partial charge in [0, 0.05) is 12.1 Å². The van der Waals surface area contributed by atoms with Crippen LogP contribution < -0.4 is 10.6 Å². The van der Waals surface area contributed by atoms with Crippen molar-refractivity contribution in [3.63, 3.8) is 0 Å². The van der Waals surface area contributed by atoms with E-state index in [1.807, 2.05) is 0 Å². The van der Waals surface area contributed by atoms with Gasteiger partial charge in [0.25, 0.3) is 0 Å². The molecule has 1 atom stereocenters. The highest BCUT2D eigenvalue weighted by Crippen LogP contribution is 2.27. The number of amides is 2. The molecule has 1 saturated heterocycles. The zero-order valence-corrected chi connectivity index (χ0v) is 14.4. The van der Waals surface area contributed by atoms with Crippen LogP contribution in [-0.2, 0) is 9.59 Å². The van der Waals surface area contributed by atoms with E-state index in [0.29, 0.717) is 10.9 Å². The molecule has 0 bridgehead atoms. The maximum atomic E-state index is 13.1. The SMILES string of the molecule is O=C(C[C@H]1SC(=NC2CCCC2)NC1=O)Nc1ccc(F)c(Cl)c1. The zero-order valence-electron chi connectivity index (χ0n) is 12.9. The Morgan fingerprint density at radius 1 is 1.42 bits per heavy atom. The summed E-state index contributed by atoms with van der Waals surface area (Å²) in [4.78, 5) is 28.6. The molecular formula is C16H17ClFN3O2S. The van der Waals surface area contributed by atoms with Crippen LogP contribution in [0, 0.1) is 5.82 Å². The Bertz CT molecular complexity index is 692. The van der Waals surface area contributed by atoms with Gasteiger partial charge in [0.05, 0.1) is 11.1 Å². The van der Waals surface area contributed by atoms with E-state index in [0.717, 1.165) is 12.8 Å². The summed E-state index contributed by atoms with van der Waals surface area (Å²) in [5.74, 6) is -1.08. The Morgan fingerprint density at radius 3 is 2.88 bits per heavy atom. The van der Waals surface area contributed by atoms with E-state index in [9.17, 15) is 14.0 Å². The van der Waals surface area contributed by atoms with Crippen molar-refractivity contribution in [3.05, 3.63) is 29.0 Å². The Labute approximate surface area is 148 Å². The van der Waals surface area contributed by atoms with Crippen molar-refractivity contribution in [2.75, 3.05) is 5.32 Å². The lowest BCUT2D eigenvalue weighted by Crippen LogP contribution is -2.28. The molecule has 2 fully saturated rings. The molecule has 1 aromatic carbocycles. The molecular weight excluding hydrogens is 353 g/mol. The number of carbonyl (C=O) groups excluding carboxylic acids is 2. The van der Waals surface area contributed by atoms with Gasteiger partial charge in [0.2, 0.25) is 11.8 Å². The molecule has 1 aliphatic heterocycles. The van der Waals surface area contributed by atoms with Gasteiger partial charge in [-0.1, -0.05) is 36.2 Å². The quantitative estimate of drug-likeness (QED) is 0.855. The van der Waals surface area contributed by atoms with Crippen molar-refractivity contribution in [1.29, 1.82) is 0 Å². The lowest BCUT2D eigenvalue weighted by molar-refractivity contribution is -0.122. The van der Waals surface area contributed by atoms with Crippen molar-refractivity contribution in [1.82, 2.24) is 5.32 Å². The minimum Gasteiger partial charge on any atom is -0.326 e. The fourth-order valence-electron chi connectivity index (χ4n) is 2.75. The standard InChI is InChI=1S/C16H17ClFN3O2S/c17-11-7-10(5-6-12(11)18)19-14(22)8-13-15(23)21-16(24-13)20-9-3-1-2-4-9/h5-7,9,13H,1-4,8H2,(H,19,22)(H,20,21,23)/t13-/m1/s1. The molecule has 2 amide bonds. The first-order valence-electron chi connectivity index (χ1n) is 7.81. The Morgan fingerprint density at radius 2 is 2.17 bits per heavy atom. The third-order valence-corrected chi connectivity index (χ3v) is 5.36. The van der Waals surface area contributed by atoms with Crippen molar-refractivity contribution < 1.29 is 14.0 Å². The Balaban J connectivity index is 1.56. The van der Waals surface area contributed by atoms with Gasteiger partial charge in [-0.15, -0.1) is 0 Å². The minimum absolute atomic E-state index is 0.0230. The Hall–Kier alpha value is -1.60. The smallest absolute Gasteiger partial charge is 0.240 e. The van der Waals surface area contributed by atoms with Crippen LogP contribution >= 0.6 is 23.4 Å². The maximum Gasteiger partial charge on any atom is 0.240 e. The molecule has 0 radical (unpaired) electrons. The van der Waals surface area contributed by atoms with Gasteiger partial charge in [0.1, 0.15) is 11.1 Å². The predicted octanol–water partition coefficient (Wildman–Crippen LogP) is 3.34. The van der Waals surface area contributed by atoms with Gasteiger partial charge in [-0.3, -0.25) is 14.6 Å². The molecule has 0 aromatic heterocycles. The fourth-order valence-corrected chi connectivity index (χ4v) is 3.97. The molecule has 2 aliphatic rings. The number of aliphatic imine (C=N–C) groups is 1. The number of benzene rings is 1. The first-order valence-corrected chi connectivity index (χ1v) is 9.07. The highest BCUT2D eigenvalue weighted by molar-refractivity contribution is 8.15. The summed E-state index contributed by atoms with van der Waals surface area (Å²) in [5, 5.41) is 5.41. The number of rotatable bonds is 4. The average Bonchev–Trinajstić information content (AvgIpc) is 3.14. The molecule has 5 nitrogen and oxygen atoms in total. The summed E-state index contributed by atoms with van der Waals surface area (Å²) < 4.78 is 13.1. The molecule has 1 aromatic rings. The highest BCUT2D eigenvalue weighted by atomic mass is 35.5. The van der Waals surface area contributed by atoms with Gasteiger partial charge in [-0.25, -0.2) is 4.39 Å². The number of hydrogen-bond donors (Lipinski definition) is 2. The van der Waals surface area contributed by atoms with Crippen LogP contribution in [0.5, 0.6) is 0 Å². The number of carbonyl (C=O) groups is 2. The van der Waals surface area contributed by atoms with Crippen LogP contribution in [0.4, 0.5) is 10.1 Å². The number of hydrogen-bond acceptors (Lipinski definition) is 4. The van der Waals surface area contributed by atoms with E-state index < -0.39 is 11.1 Å². The molecule has 0 spiro atoms. The summed E-state index contributed by atoms with van der Waals surface area (Å²) in [7, 11) is 0. The van der Waals surface area contributed by atoms with Crippen LogP contribution in [0.2, 0.25) is 5.02 Å². The van der Waals surface area contributed by atoms with Gasteiger partial charge in [-0.2, -0.15) is 0 Å². The van der Waals surface area contributed by atoms with E-state index in [2.05, 4.69) is 15.6 Å². The van der Waals surface area contributed by atoms with Crippen molar-refractivity contribution in [2.45, 2.75) is 43.4 Å². The second-order valence-corrected chi connectivity index (χ2v) is 7.45. The number of nitrogens with one attached hydrogen (secondary N) is 2. The van der Waals surface area contributed by atoms with Crippen LogP contribution in [0.15, 0.2) is 23.2 Å². The molecule has 1 aliphatic carbocycles. The van der Waals surface area contributed by atoms with E-state index >= 15 is 0 Å². The lowest BCUT2D eigenvalue weighted by Gasteiger charge is -2.08. The second-order valence-electron chi connectivity index (χ2n) is 5.85.